The lowest BCUT2D eigenvalue weighted by Crippen LogP contribution is -2.43. The predicted octanol–water partition coefficient (Wildman–Crippen LogP) is 2.40. The molecule has 0 spiro atoms. The topological polar surface area (TPSA) is 85.0 Å². The molecular weight excluding hydrogens is 368 g/mol. The van der Waals surface area contributed by atoms with E-state index in [9.17, 15) is 9.59 Å². The zero-order chi connectivity index (χ0) is 20.2. The van der Waals surface area contributed by atoms with E-state index in [0.717, 1.165) is 17.8 Å². The summed E-state index contributed by atoms with van der Waals surface area (Å²) in [7, 11) is 0. The van der Waals surface area contributed by atoms with Crippen LogP contribution in [0.15, 0.2) is 55.0 Å². The first-order valence-corrected chi connectivity index (χ1v) is 9.80. The highest BCUT2D eigenvalue weighted by Crippen LogP contribution is 2.21. The fourth-order valence-electron chi connectivity index (χ4n) is 3.65. The Hall–Kier alpha value is -3.42. The van der Waals surface area contributed by atoms with Crippen molar-refractivity contribution >= 4 is 17.5 Å². The SMILES string of the molecule is Cc1ccn(CCC(=O)N2CCC[C@H]2C(=O)Nc2cccc(-n3cccn3)c2)n1. The first-order chi connectivity index (χ1) is 14.1. The molecule has 4 rings (SSSR count). The molecule has 0 bridgehead atoms. The quantitative estimate of drug-likeness (QED) is 0.698. The second kappa shape index (κ2) is 8.30. The number of nitrogens with zero attached hydrogens (tertiary/aromatic N) is 5. The maximum absolute atomic E-state index is 12.9. The Morgan fingerprint density at radius 2 is 2.10 bits per heavy atom. The van der Waals surface area contributed by atoms with E-state index < -0.39 is 6.04 Å². The van der Waals surface area contributed by atoms with E-state index in [0.29, 0.717) is 31.6 Å². The summed E-state index contributed by atoms with van der Waals surface area (Å²) in [5.41, 5.74) is 2.48. The van der Waals surface area contributed by atoms with Crippen LogP contribution in [0.2, 0.25) is 0 Å². The minimum absolute atomic E-state index is 0.0129. The molecule has 8 nitrogen and oxygen atoms in total. The van der Waals surface area contributed by atoms with Crippen molar-refractivity contribution in [1.29, 1.82) is 0 Å². The third kappa shape index (κ3) is 4.37. The van der Waals surface area contributed by atoms with Crippen molar-refractivity contribution < 1.29 is 9.59 Å². The van der Waals surface area contributed by atoms with Crippen LogP contribution in [-0.2, 0) is 16.1 Å². The van der Waals surface area contributed by atoms with Crippen LogP contribution in [0.1, 0.15) is 25.0 Å². The zero-order valence-corrected chi connectivity index (χ0v) is 16.4. The standard InChI is InChI=1S/C21H24N6O2/c1-16-8-13-25(24-16)14-9-20(28)26-11-3-7-19(26)21(29)23-17-5-2-6-18(15-17)27-12-4-10-22-27/h2,4-6,8,10,12-13,15,19H,3,7,9,11,14H2,1H3,(H,23,29)/t19-/m0/s1. The highest BCUT2D eigenvalue weighted by atomic mass is 16.2. The molecule has 3 aromatic rings. The average molecular weight is 392 g/mol. The molecule has 1 aromatic carbocycles. The number of amides is 2. The lowest BCUT2D eigenvalue weighted by Gasteiger charge is -2.24. The van der Waals surface area contributed by atoms with E-state index in [2.05, 4.69) is 15.5 Å². The summed E-state index contributed by atoms with van der Waals surface area (Å²) in [6.45, 7) is 3.05. The molecule has 2 aromatic heterocycles. The second-order valence-electron chi connectivity index (χ2n) is 7.21. The molecule has 0 radical (unpaired) electrons. The van der Waals surface area contributed by atoms with Crippen LogP contribution in [-0.4, -0.2) is 48.9 Å². The predicted molar refractivity (Wildman–Crippen MR) is 109 cm³/mol. The van der Waals surface area contributed by atoms with E-state index in [1.165, 1.54) is 0 Å². The lowest BCUT2D eigenvalue weighted by molar-refractivity contribution is -0.136. The second-order valence-corrected chi connectivity index (χ2v) is 7.21. The van der Waals surface area contributed by atoms with Gasteiger partial charge in [-0.2, -0.15) is 10.2 Å². The maximum atomic E-state index is 12.9. The number of aryl methyl sites for hydroxylation is 2. The van der Waals surface area contributed by atoms with E-state index in [1.54, 1.807) is 20.5 Å². The van der Waals surface area contributed by atoms with Gasteiger partial charge in [0, 0.05) is 43.8 Å². The van der Waals surface area contributed by atoms with Crippen LogP contribution < -0.4 is 5.32 Å². The van der Waals surface area contributed by atoms with Crippen molar-refractivity contribution in [1.82, 2.24) is 24.5 Å². The molecule has 1 saturated heterocycles. The summed E-state index contributed by atoms with van der Waals surface area (Å²) in [6.07, 6.45) is 7.26. The summed E-state index contributed by atoms with van der Waals surface area (Å²) in [6, 6.07) is 10.8. The van der Waals surface area contributed by atoms with Gasteiger partial charge in [-0.15, -0.1) is 0 Å². The molecule has 0 saturated carbocycles. The van der Waals surface area contributed by atoms with Gasteiger partial charge in [0.1, 0.15) is 6.04 Å². The molecule has 8 heteroatoms. The smallest absolute Gasteiger partial charge is 0.247 e. The van der Waals surface area contributed by atoms with Crippen molar-refractivity contribution in [3.63, 3.8) is 0 Å². The monoisotopic (exact) mass is 392 g/mol. The molecule has 0 aliphatic carbocycles. The van der Waals surface area contributed by atoms with Crippen LogP contribution in [0.5, 0.6) is 0 Å². The van der Waals surface area contributed by atoms with Crippen LogP contribution in [0.3, 0.4) is 0 Å². The Morgan fingerprint density at radius 3 is 2.86 bits per heavy atom. The fourth-order valence-corrected chi connectivity index (χ4v) is 3.65. The highest BCUT2D eigenvalue weighted by molar-refractivity contribution is 5.97. The van der Waals surface area contributed by atoms with Gasteiger partial charge in [0.05, 0.1) is 11.4 Å². The normalized spacial score (nSPS) is 16.2. The Morgan fingerprint density at radius 1 is 1.21 bits per heavy atom. The van der Waals surface area contributed by atoms with Gasteiger partial charge in [-0.25, -0.2) is 4.68 Å². The van der Waals surface area contributed by atoms with Gasteiger partial charge in [0.25, 0.3) is 0 Å². The number of rotatable bonds is 6. The average Bonchev–Trinajstić information content (AvgIpc) is 3.47. The molecule has 29 heavy (non-hydrogen) atoms. The molecule has 1 fully saturated rings. The largest absolute Gasteiger partial charge is 0.331 e. The Labute approximate surface area is 169 Å². The summed E-state index contributed by atoms with van der Waals surface area (Å²) >= 11 is 0. The number of likely N-dealkylation sites (tertiary alicyclic amines) is 1. The van der Waals surface area contributed by atoms with Crippen LogP contribution in [0, 0.1) is 6.92 Å². The Balaban J connectivity index is 1.38. The zero-order valence-electron chi connectivity index (χ0n) is 16.4. The van der Waals surface area contributed by atoms with Gasteiger partial charge in [-0.05, 0) is 50.1 Å². The van der Waals surface area contributed by atoms with E-state index >= 15 is 0 Å². The Bertz CT molecular complexity index is 994. The maximum Gasteiger partial charge on any atom is 0.247 e. The van der Waals surface area contributed by atoms with Gasteiger partial charge in [-0.1, -0.05) is 6.07 Å². The number of nitrogens with one attached hydrogen (secondary N) is 1. The van der Waals surface area contributed by atoms with Crippen LogP contribution in [0.25, 0.3) is 5.69 Å². The minimum Gasteiger partial charge on any atom is -0.331 e. The number of aromatic nitrogens is 4. The summed E-state index contributed by atoms with van der Waals surface area (Å²) < 4.78 is 3.50. The molecule has 0 unspecified atom stereocenters. The third-order valence-corrected chi connectivity index (χ3v) is 5.09. The molecule has 1 aliphatic rings. The fraction of sp³-hybridized carbons (Fsp3) is 0.333. The summed E-state index contributed by atoms with van der Waals surface area (Å²) in [5, 5.41) is 11.5. The number of hydrogen-bond acceptors (Lipinski definition) is 4. The highest BCUT2D eigenvalue weighted by Gasteiger charge is 2.33. The minimum atomic E-state index is -0.435. The summed E-state index contributed by atoms with van der Waals surface area (Å²) in [4.78, 5) is 27.3. The molecular formula is C21H24N6O2. The van der Waals surface area contributed by atoms with Crippen LogP contribution >= 0.6 is 0 Å². The molecule has 2 amide bonds. The molecule has 3 heterocycles. The van der Waals surface area contributed by atoms with E-state index in [4.69, 9.17) is 0 Å². The summed E-state index contributed by atoms with van der Waals surface area (Å²) in [5.74, 6) is -0.163. The van der Waals surface area contributed by atoms with Gasteiger partial charge >= 0.3 is 0 Å². The molecule has 1 atom stereocenters. The number of carbonyl (C=O) groups excluding carboxylic acids is 2. The van der Waals surface area contributed by atoms with Gasteiger partial charge in [0.2, 0.25) is 11.8 Å². The number of carbonyl (C=O) groups is 2. The van der Waals surface area contributed by atoms with Crippen molar-refractivity contribution in [3.8, 4) is 5.69 Å². The first-order valence-electron chi connectivity index (χ1n) is 9.80. The van der Waals surface area contributed by atoms with Gasteiger partial charge in [-0.3, -0.25) is 14.3 Å². The van der Waals surface area contributed by atoms with Crippen molar-refractivity contribution in [2.24, 2.45) is 0 Å². The van der Waals surface area contributed by atoms with Gasteiger partial charge in [0.15, 0.2) is 0 Å². The number of anilines is 1. The first kappa shape index (κ1) is 18.9. The van der Waals surface area contributed by atoms with Crippen molar-refractivity contribution in [2.75, 3.05) is 11.9 Å². The van der Waals surface area contributed by atoms with E-state index in [1.807, 2.05) is 55.7 Å². The van der Waals surface area contributed by atoms with Crippen molar-refractivity contribution in [2.45, 2.75) is 38.8 Å². The Kier molecular flexibility index (Phi) is 5.41. The number of benzene rings is 1. The van der Waals surface area contributed by atoms with Crippen LogP contribution in [0.4, 0.5) is 5.69 Å². The third-order valence-electron chi connectivity index (χ3n) is 5.09. The molecule has 1 aliphatic heterocycles. The number of hydrogen-bond donors (Lipinski definition) is 1. The van der Waals surface area contributed by atoms with Crippen molar-refractivity contribution in [3.05, 3.63) is 60.7 Å². The molecule has 150 valence electrons. The van der Waals surface area contributed by atoms with Gasteiger partial charge < -0.3 is 10.2 Å². The molecule has 1 N–H and O–H groups in total. The lowest BCUT2D eigenvalue weighted by atomic mass is 10.2. The van der Waals surface area contributed by atoms with E-state index in [-0.39, 0.29) is 11.8 Å².